The molecule has 1 amide bonds. The quantitative estimate of drug-likeness (QED) is 0.733. The van der Waals surface area contributed by atoms with E-state index >= 15 is 0 Å². The fourth-order valence-corrected chi connectivity index (χ4v) is 3.18. The summed E-state index contributed by atoms with van der Waals surface area (Å²) in [6, 6.07) is 5.33. The van der Waals surface area contributed by atoms with E-state index in [0.717, 1.165) is 22.6 Å². The van der Waals surface area contributed by atoms with E-state index in [2.05, 4.69) is 10.3 Å². The summed E-state index contributed by atoms with van der Waals surface area (Å²) in [5.74, 6) is -0.532. The average Bonchev–Trinajstić information content (AvgIpc) is 2.86. The molecule has 1 aromatic heterocycles. The number of amides is 1. The minimum atomic E-state index is -1.02. The second kappa shape index (κ2) is 8.12. The maximum Gasteiger partial charge on any atom is 0.347 e. The Morgan fingerprint density at radius 1 is 1.38 bits per heavy atom. The second-order valence-corrected chi connectivity index (χ2v) is 6.63. The summed E-state index contributed by atoms with van der Waals surface area (Å²) < 4.78 is 5.58. The van der Waals surface area contributed by atoms with Crippen LogP contribution in [0.15, 0.2) is 18.2 Å². The first-order valence-electron chi connectivity index (χ1n) is 7.22. The van der Waals surface area contributed by atoms with Crippen molar-refractivity contribution in [2.75, 3.05) is 13.2 Å². The summed E-state index contributed by atoms with van der Waals surface area (Å²) in [6.45, 7) is 4.18. The summed E-state index contributed by atoms with van der Waals surface area (Å²) in [7, 11) is 0. The molecule has 0 unspecified atom stereocenters. The molecule has 0 fully saturated rings. The van der Waals surface area contributed by atoms with E-state index in [9.17, 15) is 9.59 Å². The van der Waals surface area contributed by atoms with Crippen molar-refractivity contribution in [2.45, 2.75) is 20.3 Å². The number of ether oxygens (including phenoxy) is 1. The zero-order valence-corrected chi connectivity index (χ0v) is 14.8. The summed E-state index contributed by atoms with van der Waals surface area (Å²) in [5.41, 5.74) is 1.35. The minimum absolute atomic E-state index is 0.0543. The van der Waals surface area contributed by atoms with E-state index in [1.165, 1.54) is 0 Å². The van der Waals surface area contributed by atoms with Crippen molar-refractivity contribution in [3.8, 4) is 5.75 Å². The molecule has 0 saturated heterocycles. The third-order valence-electron chi connectivity index (χ3n) is 3.17. The number of carbonyl (C=O) groups is 2. The van der Waals surface area contributed by atoms with Crippen molar-refractivity contribution in [1.82, 2.24) is 10.3 Å². The molecule has 6 nitrogen and oxygen atoms in total. The summed E-state index contributed by atoms with van der Waals surface area (Å²) in [4.78, 5) is 27.1. The van der Waals surface area contributed by atoms with Crippen LogP contribution < -0.4 is 10.1 Å². The molecule has 2 N–H and O–H groups in total. The van der Waals surface area contributed by atoms with Crippen LogP contribution in [0.25, 0.3) is 0 Å². The van der Waals surface area contributed by atoms with Gasteiger partial charge < -0.3 is 15.2 Å². The molecule has 0 bridgehead atoms. The third-order valence-corrected chi connectivity index (χ3v) is 4.55. The number of rotatable bonds is 7. The van der Waals surface area contributed by atoms with Gasteiger partial charge in [0.2, 0.25) is 5.91 Å². The third kappa shape index (κ3) is 4.94. The number of carboxylic acids is 1. The maximum atomic E-state index is 11.9. The number of nitrogens with zero attached hydrogens (tertiary/aromatic N) is 1. The first-order valence-corrected chi connectivity index (χ1v) is 8.41. The van der Waals surface area contributed by atoms with Crippen LogP contribution >= 0.6 is 22.9 Å². The lowest BCUT2D eigenvalue weighted by Gasteiger charge is -2.10. The number of aromatic carboxylic acids is 1. The van der Waals surface area contributed by atoms with Gasteiger partial charge in [0.25, 0.3) is 0 Å². The van der Waals surface area contributed by atoms with E-state index in [1.54, 1.807) is 25.1 Å². The molecule has 8 heteroatoms. The molecule has 2 rings (SSSR count). The number of aryl methyl sites for hydroxylation is 2. The van der Waals surface area contributed by atoms with Crippen LogP contribution in [-0.4, -0.2) is 35.1 Å². The minimum Gasteiger partial charge on any atom is -0.491 e. The highest BCUT2D eigenvalue weighted by molar-refractivity contribution is 7.13. The highest BCUT2D eigenvalue weighted by Gasteiger charge is 2.15. The Morgan fingerprint density at radius 2 is 2.12 bits per heavy atom. The van der Waals surface area contributed by atoms with Gasteiger partial charge in [0.1, 0.15) is 22.2 Å². The molecule has 0 aliphatic heterocycles. The van der Waals surface area contributed by atoms with E-state index in [1.807, 2.05) is 6.92 Å². The van der Waals surface area contributed by atoms with Gasteiger partial charge in [-0.25, -0.2) is 9.78 Å². The number of carboxylic acid groups (broad SMARTS) is 1. The van der Waals surface area contributed by atoms with Crippen molar-refractivity contribution in [3.05, 3.63) is 44.4 Å². The van der Waals surface area contributed by atoms with Crippen molar-refractivity contribution in [3.63, 3.8) is 0 Å². The Morgan fingerprint density at radius 3 is 2.75 bits per heavy atom. The molecule has 128 valence electrons. The van der Waals surface area contributed by atoms with E-state index in [4.69, 9.17) is 21.4 Å². The molecule has 1 heterocycles. The predicted molar refractivity (Wildman–Crippen MR) is 92.2 cm³/mol. The Labute approximate surface area is 148 Å². The first kappa shape index (κ1) is 18.2. The van der Waals surface area contributed by atoms with Gasteiger partial charge in [-0.1, -0.05) is 11.6 Å². The largest absolute Gasteiger partial charge is 0.491 e. The SMILES string of the molecule is Cc1cc(Cl)ccc1OCCNC(=O)Cc1nc(C)c(C(=O)O)s1. The fourth-order valence-electron chi connectivity index (χ4n) is 2.05. The number of carbonyl (C=O) groups excluding carboxylic acids is 1. The number of nitrogens with one attached hydrogen (secondary N) is 1. The highest BCUT2D eigenvalue weighted by atomic mass is 35.5. The summed E-state index contributed by atoms with van der Waals surface area (Å²) in [6.07, 6.45) is 0.0543. The van der Waals surface area contributed by atoms with Gasteiger partial charge in [-0.15, -0.1) is 11.3 Å². The average molecular weight is 369 g/mol. The number of halogens is 1. The van der Waals surface area contributed by atoms with Gasteiger partial charge in [0.05, 0.1) is 18.7 Å². The smallest absolute Gasteiger partial charge is 0.347 e. The maximum absolute atomic E-state index is 11.9. The Bertz CT molecular complexity index is 761. The molecule has 24 heavy (non-hydrogen) atoms. The molecule has 0 aliphatic carbocycles. The van der Waals surface area contributed by atoms with Crippen LogP contribution in [0.5, 0.6) is 5.75 Å². The van der Waals surface area contributed by atoms with Crippen LogP contribution in [0.1, 0.15) is 25.9 Å². The lowest BCUT2D eigenvalue weighted by Crippen LogP contribution is -2.29. The Balaban J connectivity index is 1.77. The molecule has 1 aromatic carbocycles. The van der Waals surface area contributed by atoms with Crippen LogP contribution in [0.4, 0.5) is 0 Å². The molecule has 0 atom stereocenters. The van der Waals surface area contributed by atoms with Crippen LogP contribution in [0.3, 0.4) is 0 Å². The lowest BCUT2D eigenvalue weighted by molar-refractivity contribution is -0.120. The normalized spacial score (nSPS) is 10.5. The Kier molecular flexibility index (Phi) is 6.16. The number of aromatic nitrogens is 1. The van der Waals surface area contributed by atoms with Crippen LogP contribution in [-0.2, 0) is 11.2 Å². The Hall–Kier alpha value is -2.12. The van der Waals surface area contributed by atoms with Gasteiger partial charge in [0.15, 0.2) is 0 Å². The molecule has 0 aliphatic rings. The number of hydrogen-bond acceptors (Lipinski definition) is 5. The zero-order chi connectivity index (χ0) is 17.7. The van der Waals surface area contributed by atoms with E-state index in [-0.39, 0.29) is 17.2 Å². The van der Waals surface area contributed by atoms with Gasteiger partial charge >= 0.3 is 5.97 Å². The van der Waals surface area contributed by atoms with Crippen molar-refractivity contribution in [1.29, 1.82) is 0 Å². The van der Waals surface area contributed by atoms with Crippen molar-refractivity contribution >= 4 is 34.8 Å². The molecule has 0 saturated carbocycles. The fraction of sp³-hybridized carbons (Fsp3) is 0.312. The molecule has 0 spiro atoms. The van der Waals surface area contributed by atoms with Crippen molar-refractivity contribution < 1.29 is 19.4 Å². The number of thiazole rings is 1. The summed E-state index contributed by atoms with van der Waals surface area (Å²) >= 11 is 6.90. The zero-order valence-electron chi connectivity index (χ0n) is 13.3. The second-order valence-electron chi connectivity index (χ2n) is 5.11. The van der Waals surface area contributed by atoms with Gasteiger partial charge in [0, 0.05) is 5.02 Å². The van der Waals surface area contributed by atoms with E-state index in [0.29, 0.717) is 28.9 Å². The van der Waals surface area contributed by atoms with E-state index < -0.39 is 5.97 Å². The summed E-state index contributed by atoms with van der Waals surface area (Å²) in [5, 5.41) is 12.8. The first-order chi connectivity index (χ1) is 11.4. The number of benzene rings is 1. The molecular weight excluding hydrogens is 352 g/mol. The number of hydrogen-bond donors (Lipinski definition) is 2. The van der Waals surface area contributed by atoms with Crippen LogP contribution in [0.2, 0.25) is 5.02 Å². The standard InChI is InChI=1S/C16H17ClN2O4S/c1-9-7-11(17)3-4-12(9)23-6-5-18-13(20)8-14-19-10(2)15(24-14)16(21)22/h3-4,7H,5-6,8H2,1-2H3,(H,18,20)(H,21,22). The van der Waals surface area contributed by atoms with Crippen LogP contribution in [0, 0.1) is 13.8 Å². The molecule has 2 aromatic rings. The predicted octanol–water partition coefficient (Wildman–Crippen LogP) is 2.85. The molecular formula is C16H17ClN2O4S. The van der Waals surface area contributed by atoms with Gasteiger partial charge in [-0.2, -0.15) is 0 Å². The molecule has 0 radical (unpaired) electrons. The highest BCUT2D eigenvalue weighted by Crippen LogP contribution is 2.21. The van der Waals surface area contributed by atoms with Gasteiger partial charge in [-0.05, 0) is 37.6 Å². The lowest BCUT2D eigenvalue weighted by atomic mass is 10.2. The monoisotopic (exact) mass is 368 g/mol. The topological polar surface area (TPSA) is 88.5 Å². The van der Waals surface area contributed by atoms with Crippen molar-refractivity contribution in [2.24, 2.45) is 0 Å². The van der Waals surface area contributed by atoms with Gasteiger partial charge in [-0.3, -0.25) is 4.79 Å².